The molecule has 0 aromatic heterocycles. The fourth-order valence-electron chi connectivity index (χ4n) is 4.87. The van der Waals surface area contributed by atoms with E-state index in [0.29, 0.717) is 18.6 Å². The molecule has 23 heavy (non-hydrogen) atoms. The molecule has 5 heteroatoms. The van der Waals surface area contributed by atoms with Gasteiger partial charge in [-0.3, -0.25) is 0 Å². The Labute approximate surface area is 140 Å². The molecule has 1 aliphatic heterocycles. The minimum Gasteiger partial charge on any atom is -0.450 e. The van der Waals surface area contributed by atoms with Crippen LogP contribution in [0.5, 0.6) is 0 Å². The minimum atomic E-state index is -0.199. The fourth-order valence-corrected chi connectivity index (χ4v) is 4.87. The number of nitrogens with one attached hydrogen (secondary N) is 1. The Morgan fingerprint density at radius 1 is 1.30 bits per heavy atom. The Kier molecular flexibility index (Phi) is 5.95. The van der Waals surface area contributed by atoms with Crippen LogP contribution >= 0.6 is 0 Å². The summed E-state index contributed by atoms with van der Waals surface area (Å²) in [6.07, 6.45) is 4.92. The second kappa shape index (κ2) is 7.39. The number of ether oxygens (including phenoxy) is 1. The van der Waals surface area contributed by atoms with Crippen molar-refractivity contribution in [3.63, 3.8) is 0 Å². The van der Waals surface area contributed by atoms with E-state index in [1.165, 1.54) is 6.42 Å². The van der Waals surface area contributed by atoms with Crippen LogP contribution in [0.4, 0.5) is 4.79 Å². The predicted molar refractivity (Wildman–Crippen MR) is 91.4 cm³/mol. The summed E-state index contributed by atoms with van der Waals surface area (Å²) in [5.74, 6) is 0.623. The fraction of sp³-hybridized carbons (Fsp3) is 0.944. The molecule has 0 bridgehead atoms. The van der Waals surface area contributed by atoms with Crippen LogP contribution in [0.25, 0.3) is 0 Å². The lowest BCUT2D eigenvalue weighted by atomic mass is 9.64. The first kappa shape index (κ1) is 18.5. The topological polar surface area (TPSA) is 61.8 Å². The Balaban J connectivity index is 1.92. The smallest absolute Gasteiger partial charge is 0.409 e. The third kappa shape index (κ3) is 4.83. The molecule has 5 nitrogen and oxygen atoms in total. The van der Waals surface area contributed by atoms with Crippen molar-refractivity contribution in [3.8, 4) is 0 Å². The zero-order valence-electron chi connectivity index (χ0n) is 15.2. The zero-order valence-corrected chi connectivity index (χ0v) is 15.2. The first-order chi connectivity index (χ1) is 10.8. The summed E-state index contributed by atoms with van der Waals surface area (Å²) in [5.41, 5.74) is 0.0942. The molecule has 2 unspecified atom stereocenters. The highest BCUT2D eigenvalue weighted by Crippen LogP contribution is 2.44. The normalized spacial score (nSPS) is 31.9. The minimum absolute atomic E-state index is 0.169. The Bertz CT molecular complexity index is 405. The SMILES string of the molecule is CCOC(=O)N1CCC(NC2(CO)CC(C)CC(C)(C)C2)CC1. The highest BCUT2D eigenvalue weighted by Gasteiger charge is 2.43. The summed E-state index contributed by atoms with van der Waals surface area (Å²) in [6, 6.07) is 0.369. The van der Waals surface area contributed by atoms with E-state index in [-0.39, 0.29) is 23.7 Å². The molecule has 1 aliphatic carbocycles. The van der Waals surface area contributed by atoms with E-state index < -0.39 is 0 Å². The van der Waals surface area contributed by atoms with Crippen molar-refractivity contribution in [2.75, 3.05) is 26.3 Å². The Morgan fingerprint density at radius 3 is 2.48 bits per heavy atom. The highest BCUT2D eigenvalue weighted by molar-refractivity contribution is 5.67. The van der Waals surface area contributed by atoms with Gasteiger partial charge in [0, 0.05) is 24.7 Å². The van der Waals surface area contributed by atoms with Gasteiger partial charge in [0.1, 0.15) is 0 Å². The maximum absolute atomic E-state index is 11.8. The van der Waals surface area contributed by atoms with E-state index in [0.717, 1.165) is 38.8 Å². The molecule has 2 N–H and O–H groups in total. The molecule has 1 amide bonds. The van der Waals surface area contributed by atoms with Crippen LogP contribution < -0.4 is 5.32 Å². The number of amides is 1. The third-order valence-corrected chi connectivity index (χ3v) is 5.29. The summed E-state index contributed by atoms with van der Waals surface area (Å²) < 4.78 is 5.08. The maximum atomic E-state index is 11.8. The van der Waals surface area contributed by atoms with Crippen molar-refractivity contribution in [1.29, 1.82) is 0 Å². The lowest BCUT2D eigenvalue weighted by molar-refractivity contribution is 0.0210. The van der Waals surface area contributed by atoms with Gasteiger partial charge in [-0.05, 0) is 50.4 Å². The van der Waals surface area contributed by atoms with Crippen LogP contribution in [-0.4, -0.2) is 54.0 Å². The van der Waals surface area contributed by atoms with Gasteiger partial charge < -0.3 is 20.1 Å². The van der Waals surface area contributed by atoms with E-state index >= 15 is 0 Å². The number of hydrogen-bond donors (Lipinski definition) is 2. The monoisotopic (exact) mass is 326 g/mol. The quantitative estimate of drug-likeness (QED) is 0.834. The molecule has 1 saturated heterocycles. The van der Waals surface area contributed by atoms with Gasteiger partial charge in [-0.15, -0.1) is 0 Å². The summed E-state index contributed by atoms with van der Waals surface area (Å²) >= 11 is 0. The lowest BCUT2D eigenvalue weighted by Crippen LogP contribution is -2.60. The summed E-state index contributed by atoms with van der Waals surface area (Å²) in [7, 11) is 0. The summed E-state index contributed by atoms with van der Waals surface area (Å²) in [5, 5.41) is 13.9. The molecule has 0 aromatic carbocycles. The van der Waals surface area contributed by atoms with Gasteiger partial charge in [0.15, 0.2) is 0 Å². The van der Waals surface area contributed by atoms with E-state index in [9.17, 15) is 9.90 Å². The van der Waals surface area contributed by atoms with Gasteiger partial charge in [0.25, 0.3) is 0 Å². The molecule has 1 heterocycles. The van der Waals surface area contributed by atoms with Gasteiger partial charge in [0.2, 0.25) is 0 Å². The molecule has 0 aromatic rings. The average Bonchev–Trinajstić information content (AvgIpc) is 2.46. The van der Waals surface area contributed by atoms with Gasteiger partial charge in [0.05, 0.1) is 13.2 Å². The van der Waals surface area contributed by atoms with Crippen LogP contribution in [-0.2, 0) is 4.74 Å². The highest BCUT2D eigenvalue weighted by atomic mass is 16.6. The van der Waals surface area contributed by atoms with Crippen LogP contribution in [0.1, 0.15) is 59.8 Å². The largest absolute Gasteiger partial charge is 0.450 e. The lowest BCUT2D eigenvalue weighted by Gasteiger charge is -2.49. The van der Waals surface area contributed by atoms with Crippen molar-refractivity contribution >= 4 is 6.09 Å². The standard InChI is InChI=1S/C18H34N2O3/c1-5-23-16(22)20-8-6-15(7-9-20)19-18(13-21)11-14(2)10-17(3,4)12-18/h14-15,19,21H,5-13H2,1-4H3. The van der Waals surface area contributed by atoms with Crippen molar-refractivity contribution in [2.45, 2.75) is 71.4 Å². The van der Waals surface area contributed by atoms with E-state index in [2.05, 4.69) is 26.1 Å². The van der Waals surface area contributed by atoms with Gasteiger partial charge in [-0.1, -0.05) is 20.8 Å². The number of carbonyl (C=O) groups is 1. The number of likely N-dealkylation sites (tertiary alicyclic amines) is 1. The summed E-state index contributed by atoms with van der Waals surface area (Å²) in [6.45, 7) is 10.8. The van der Waals surface area contributed by atoms with E-state index in [1.54, 1.807) is 4.90 Å². The number of piperidine rings is 1. The molecule has 0 radical (unpaired) electrons. The Hall–Kier alpha value is -0.810. The predicted octanol–water partition coefficient (Wildman–Crippen LogP) is 2.77. The molecule has 2 fully saturated rings. The molecule has 134 valence electrons. The number of rotatable bonds is 4. The van der Waals surface area contributed by atoms with Crippen LogP contribution in [0, 0.1) is 11.3 Å². The van der Waals surface area contributed by atoms with Crippen LogP contribution in [0.15, 0.2) is 0 Å². The molecule has 2 aliphatic rings. The van der Waals surface area contributed by atoms with Gasteiger partial charge >= 0.3 is 6.09 Å². The number of nitrogens with zero attached hydrogens (tertiary/aromatic N) is 1. The van der Waals surface area contributed by atoms with Crippen molar-refractivity contribution in [3.05, 3.63) is 0 Å². The van der Waals surface area contributed by atoms with Gasteiger partial charge in [-0.25, -0.2) is 4.79 Å². The number of aliphatic hydroxyl groups is 1. The molecule has 2 rings (SSSR count). The van der Waals surface area contributed by atoms with Crippen LogP contribution in [0.3, 0.4) is 0 Å². The van der Waals surface area contributed by atoms with Crippen molar-refractivity contribution in [1.82, 2.24) is 10.2 Å². The second-order valence-electron chi connectivity index (χ2n) is 8.40. The average molecular weight is 326 g/mol. The van der Waals surface area contributed by atoms with Gasteiger partial charge in [-0.2, -0.15) is 0 Å². The third-order valence-electron chi connectivity index (χ3n) is 5.29. The number of hydrogen-bond acceptors (Lipinski definition) is 4. The number of carbonyl (C=O) groups excluding carboxylic acids is 1. The molecular weight excluding hydrogens is 292 g/mol. The molecule has 0 spiro atoms. The first-order valence-corrected chi connectivity index (χ1v) is 9.09. The summed E-state index contributed by atoms with van der Waals surface area (Å²) in [4.78, 5) is 13.6. The van der Waals surface area contributed by atoms with E-state index in [4.69, 9.17) is 4.74 Å². The van der Waals surface area contributed by atoms with Crippen molar-refractivity contribution in [2.24, 2.45) is 11.3 Å². The molecule has 1 saturated carbocycles. The first-order valence-electron chi connectivity index (χ1n) is 9.09. The Morgan fingerprint density at radius 2 is 1.96 bits per heavy atom. The van der Waals surface area contributed by atoms with Crippen molar-refractivity contribution < 1.29 is 14.6 Å². The molecular formula is C18H34N2O3. The zero-order chi connectivity index (χ0) is 17.1. The molecule has 2 atom stereocenters. The maximum Gasteiger partial charge on any atom is 0.409 e. The number of aliphatic hydroxyl groups excluding tert-OH is 1. The van der Waals surface area contributed by atoms with Crippen LogP contribution in [0.2, 0.25) is 0 Å². The second-order valence-corrected chi connectivity index (χ2v) is 8.40. The van der Waals surface area contributed by atoms with E-state index in [1.807, 2.05) is 6.92 Å².